The van der Waals surface area contributed by atoms with Gasteiger partial charge in [-0.15, -0.1) is 0 Å². The van der Waals surface area contributed by atoms with Gasteiger partial charge in [-0.3, -0.25) is 4.68 Å². The fourth-order valence-electron chi connectivity index (χ4n) is 4.77. The van der Waals surface area contributed by atoms with Crippen molar-refractivity contribution in [3.63, 3.8) is 0 Å². The Morgan fingerprint density at radius 3 is 2.64 bits per heavy atom. The Bertz CT molecular complexity index is 548. The molecule has 2 saturated heterocycles. The lowest BCUT2D eigenvalue weighted by atomic mass is 9.89. The highest BCUT2D eigenvalue weighted by molar-refractivity contribution is 5.74. The lowest BCUT2D eigenvalue weighted by Crippen LogP contribution is -2.51. The molecule has 0 radical (unpaired) electrons. The predicted octanol–water partition coefficient (Wildman–Crippen LogP) is 2.97. The molecule has 1 N–H and O–H groups in total. The van der Waals surface area contributed by atoms with Gasteiger partial charge in [0.15, 0.2) is 0 Å². The zero-order valence-electron chi connectivity index (χ0n) is 15.0. The minimum Gasteiger partial charge on any atom is -0.378 e. The van der Waals surface area contributed by atoms with E-state index >= 15 is 0 Å². The molecule has 2 aliphatic heterocycles. The summed E-state index contributed by atoms with van der Waals surface area (Å²) >= 11 is 0. The number of ether oxygens (including phenoxy) is 1. The van der Waals surface area contributed by atoms with Crippen LogP contribution in [-0.2, 0) is 4.74 Å². The molecule has 3 unspecified atom stereocenters. The first-order chi connectivity index (χ1) is 12.3. The van der Waals surface area contributed by atoms with E-state index in [2.05, 4.69) is 10.4 Å². The van der Waals surface area contributed by atoms with Crippen LogP contribution in [-0.4, -0.2) is 52.6 Å². The zero-order chi connectivity index (χ0) is 17.1. The molecule has 1 aliphatic carbocycles. The second-order valence-electron chi connectivity index (χ2n) is 7.77. The quantitative estimate of drug-likeness (QED) is 0.915. The zero-order valence-corrected chi connectivity index (χ0v) is 15.0. The number of aromatic nitrogens is 2. The molecule has 3 heterocycles. The van der Waals surface area contributed by atoms with Crippen LogP contribution in [0.1, 0.15) is 57.4 Å². The first-order valence-corrected chi connectivity index (χ1v) is 9.97. The molecule has 4 rings (SSSR count). The largest absolute Gasteiger partial charge is 0.378 e. The van der Waals surface area contributed by atoms with E-state index in [0.717, 1.165) is 45.4 Å². The lowest BCUT2D eigenvalue weighted by molar-refractivity contribution is 0.0367. The van der Waals surface area contributed by atoms with Crippen LogP contribution in [0.5, 0.6) is 0 Å². The molecular weight excluding hydrogens is 316 g/mol. The van der Waals surface area contributed by atoms with Crippen molar-refractivity contribution in [3.8, 4) is 0 Å². The number of nitrogens with zero attached hydrogens (tertiary/aromatic N) is 3. The number of likely N-dealkylation sites (tertiary alicyclic amines) is 1. The average molecular weight is 346 g/mol. The number of carbonyl (C=O) groups excluding carboxylic acids is 1. The molecule has 0 aromatic carbocycles. The summed E-state index contributed by atoms with van der Waals surface area (Å²) in [7, 11) is 0. The summed E-state index contributed by atoms with van der Waals surface area (Å²) in [6, 6.07) is 2.55. The molecule has 0 spiro atoms. The maximum Gasteiger partial charge on any atom is 0.317 e. The van der Waals surface area contributed by atoms with E-state index < -0.39 is 0 Å². The highest BCUT2D eigenvalue weighted by atomic mass is 16.5. The summed E-state index contributed by atoms with van der Waals surface area (Å²) < 4.78 is 7.86. The molecule has 6 heteroatoms. The summed E-state index contributed by atoms with van der Waals surface area (Å²) in [6.07, 6.45) is 13.4. The van der Waals surface area contributed by atoms with Gasteiger partial charge >= 0.3 is 6.03 Å². The molecule has 2 amide bonds. The van der Waals surface area contributed by atoms with Gasteiger partial charge < -0.3 is 15.0 Å². The monoisotopic (exact) mass is 346 g/mol. The smallest absolute Gasteiger partial charge is 0.317 e. The minimum atomic E-state index is 0.106. The van der Waals surface area contributed by atoms with Gasteiger partial charge in [0.25, 0.3) is 0 Å². The third-order valence-corrected chi connectivity index (χ3v) is 6.22. The summed E-state index contributed by atoms with van der Waals surface area (Å²) in [5.41, 5.74) is 0. The summed E-state index contributed by atoms with van der Waals surface area (Å²) in [6.45, 7) is 2.63. The van der Waals surface area contributed by atoms with Crippen LogP contribution in [0.4, 0.5) is 4.79 Å². The summed E-state index contributed by atoms with van der Waals surface area (Å²) in [5.74, 6) is 0.637. The van der Waals surface area contributed by atoms with E-state index in [1.165, 1.54) is 25.7 Å². The van der Waals surface area contributed by atoms with Crippen LogP contribution in [0.3, 0.4) is 0 Å². The van der Waals surface area contributed by atoms with Crippen molar-refractivity contribution < 1.29 is 9.53 Å². The van der Waals surface area contributed by atoms with Crippen LogP contribution in [0.15, 0.2) is 18.5 Å². The SMILES string of the molecule is O=C(NC1CCCCC1n1cccn1)N1CCC(C2CCCO2)CC1. The molecule has 3 fully saturated rings. The van der Waals surface area contributed by atoms with Crippen molar-refractivity contribution in [2.45, 2.75) is 69.6 Å². The van der Waals surface area contributed by atoms with Crippen molar-refractivity contribution in [1.82, 2.24) is 20.0 Å². The average Bonchev–Trinajstić information content (AvgIpc) is 3.36. The number of carbonyl (C=O) groups is 1. The number of nitrogens with one attached hydrogen (secondary N) is 1. The number of urea groups is 1. The van der Waals surface area contributed by atoms with Crippen molar-refractivity contribution in [3.05, 3.63) is 18.5 Å². The van der Waals surface area contributed by atoms with Crippen LogP contribution in [0.25, 0.3) is 0 Å². The molecule has 1 aromatic rings. The van der Waals surface area contributed by atoms with E-state index in [4.69, 9.17) is 4.74 Å². The molecule has 1 saturated carbocycles. The summed E-state index contributed by atoms with van der Waals surface area (Å²) in [5, 5.41) is 7.71. The highest BCUT2D eigenvalue weighted by Gasteiger charge is 2.33. The van der Waals surface area contributed by atoms with Crippen LogP contribution >= 0.6 is 0 Å². The Morgan fingerprint density at radius 2 is 1.92 bits per heavy atom. The normalized spacial score (nSPS) is 31.2. The molecule has 6 nitrogen and oxygen atoms in total. The van der Waals surface area contributed by atoms with Gasteiger partial charge in [0.2, 0.25) is 0 Å². The Balaban J connectivity index is 1.30. The Kier molecular flexibility index (Phi) is 5.25. The van der Waals surface area contributed by atoms with E-state index in [1.807, 2.05) is 28.0 Å². The molecule has 138 valence electrons. The van der Waals surface area contributed by atoms with E-state index in [9.17, 15) is 4.79 Å². The fourth-order valence-corrected chi connectivity index (χ4v) is 4.77. The molecule has 3 atom stereocenters. The number of amides is 2. The van der Waals surface area contributed by atoms with Gasteiger partial charge in [0, 0.05) is 32.1 Å². The van der Waals surface area contributed by atoms with Crippen molar-refractivity contribution in [1.29, 1.82) is 0 Å². The molecule has 1 aromatic heterocycles. The minimum absolute atomic E-state index is 0.106. The topological polar surface area (TPSA) is 59.4 Å². The third-order valence-electron chi connectivity index (χ3n) is 6.22. The van der Waals surface area contributed by atoms with E-state index in [-0.39, 0.29) is 18.1 Å². The van der Waals surface area contributed by atoms with Crippen molar-refractivity contribution in [2.75, 3.05) is 19.7 Å². The lowest BCUT2D eigenvalue weighted by Gasteiger charge is -2.37. The van der Waals surface area contributed by atoms with Gasteiger partial charge in [0.05, 0.1) is 18.2 Å². The highest BCUT2D eigenvalue weighted by Crippen LogP contribution is 2.30. The fraction of sp³-hybridized carbons (Fsp3) is 0.789. The van der Waals surface area contributed by atoms with Gasteiger partial charge in [-0.25, -0.2) is 4.79 Å². The molecule has 3 aliphatic rings. The number of rotatable bonds is 3. The van der Waals surface area contributed by atoms with Gasteiger partial charge in [-0.05, 0) is 50.5 Å². The first-order valence-electron chi connectivity index (χ1n) is 9.97. The Morgan fingerprint density at radius 1 is 1.08 bits per heavy atom. The second-order valence-corrected chi connectivity index (χ2v) is 7.77. The standard InChI is InChI=1S/C19H30N4O2/c24-19(22-12-8-15(9-13-22)18-7-3-14-25-18)21-16-5-1-2-6-17(16)23-11-4-10-20-23/h4,10-11,15-18H,1-3,5-9,12-14H2,(H,21,24). The van der Waals surface area contributed by atoms with Crippen molar-refractivity contribution in [2.24, 2.45) is 5.92 Å². The number of hydrogen-bond acceptors (Lipinski definition) is 3. The summed E-state index contributed by atoms with van der Waals surface area (Å²) in [4.78, 5) is 14.8. The third kappa shape index (κ3) is 3.84. The van der Waals surface area contributed by atoms with E-state index in [1.54, 1.807) is 0 Å². The molecule has 25 heavy (non-hydrogen) atoms. The second kappa shape index (κ2) is 7.77. The first kappa shape index (κ1) is 16.9. The van der Waals surface area contributed by atoms with Gasteiger partial charge in [0.1, 0.15) is 0 Å². The van der Waals surface area contributed by atoms with Crippen molar-refractivity contribution >= 4 is 6.03 Å². The number of hydrogen-bond donors (Lipinski definition) is 1. The van der Waals surface area contributed by atoms with E-state index in [0.29, 0.717) is 12.0 Å². The van der Waals surface area contributed by atoms with Crippen LogP contribution in [0, 0.1) is 5.92 Å². The molecular formula is C19H30N4O2. The Labute approximate surface area is 149 Å². The van der Waals surface area contributed by atoms with Gasteiger partial charge in [-0.2, -0.15) is 5.10 Å². The Hall–Kier alpha value is -1.56. The molecule has 0 bridgehead atoms. The number of piperidine rings is 1. The van der Waals surface area contributed by atoms with Crippen LogP contribution < -0.4 is 5.32 Å². The van der Waals surface area contributed by atoms with Crippen LogP contribution in [0.2, 0.25) is 0 Å². The van der Waals surface area contributed by atoms with Gasteiger partial charge in [-0.1, -0.05) is 12.8 Å². The maximum atomic E-state index is 12.8. The maximum absolute atomic E-state index is 12.8. The predicted molar refractivity (Wildman–Crippen MR) is 95.3 cm³/mol.